The first kappa shape index (κ1) is 20.9. The first-order valence-electron chi connectivity index (χ1n) is 10.8. The molecule has 0 bridgehead atoms. The molecule has 0 fully saturated rings. The summed E-state index contributed by atoms with van der Waals surface area (Å²) in [7, 11) is 0. The summed E-state index contributed by atoms with van der Waals surface area (Å²) in [6.07, 6.45) is 3.99. The van der Waals surface area contributed by atoms with E-state index in [9.17, 15) is 0 Å². The van der Waals surface area contributed by atoms with Crippen molar-refractivity contribution in [3.05, 3.63) is 76.3 Å². The van der Waals surface area contributed by atoms with Crippen LogP contribution in [0.3, 0.4) is 0 Å². The smallest absolute Gasteiger partial charge is 0.133 e. The van der Waals surface area contributed by atoms with Gasteiger partial charge in [0.15, 0.2) is 0 Å². The Morgan fingerprint density at radius 1 is 0.621 bits per heavy atom. The molecule has 0 aliphatic heterocycles. The summed E-state index contributed by atoms with van der Waals surface area (Å²) in [6, 6.07) is 17.3. The van der Waals surface area contributed by atoms with Gasteiger partial charge in [-0.15, -0.1) is 0 Å². The lowest BCUT2D eigenvalue weighted by Crippen LogP contribution is -2.05. The molecule has 0 atom stereocenters. The number of pyridine rings is 1. The molecule has 0 aliphatic carbocycles. The molecular formula is C26H33N3. The minimum Gasteiger partial charge on any atom is -0.340 e. The molecule has 2 aromatic carbocycles. The molecule has 0 saturated carbocycles. The van der Waals surface area contributed by atoms with Crippen molar-refractivity contribution in [2.75, 3.05) is 10.6 Å². The van der Waals surface area contributed by atoms with Crippen molar-refractivity contribution in [2.24, 2.45) is 0 Å². The summed E-state index contributed by atoms with van der Waals surface area (Å²) >= 11 is 0. The molecule has 29 heavy (non-hydrogen) atoms. The SMILES string of the molecule is CCc1cccc(CC)c1Nc1cc(C)cc(Nc2c(CC)cccc2CC)n1. The Bertz CT molecular complexity index is 855. The molecule has 3 rings (SSSR count). The Hall–Kier alpha value is -2.81. The molecule has 2 N–H and O–H groups in total. The van der Waals surface area contributed by atoms with Crippen molar-refractivity contribution in [3.63, 3.8) is 0 Å². The summed E-state index contributed by atoms with van der Waals surface area (Å²) in [5.41, 5.74) is 8.88. The van der Waals surface area contributed by atoms with E-state index in [1.807, 2.05) is 0 Å². The average molecular weight is 388 g/mol. The van der Waals surface area contributed by atoms with Crippen molar-refractivity contribution in [2.45, 2.75) is 60.3 Å². The van der Waals surface area contributed by atoms with Gasteiger partial charge >= 0.3 is 0 Å². The second-order valence-electron chi connectivity index (χ2n) is 7.48. The Kier molecular flexibility index (Phi) is 6.92. The van der Waals surface area contributed by atoms with Crippen LogP contribution in [0.5, 0.6) is 0 Å². The molecule has 0 amide bonds. The Morgan fingerprint density at radius 3 is 1.28 bits per heavy atom. The molecule has 0 radical (unpaired) electrons. The van der Waals surface area contributed by atoms with Gasteiger partial charge in [0, 0.05) is 11.4 Å². The zero-order chi connectivity index (χ0) is 20.8. The van der Waals surface area contributed by atoms with Crippen LogP contribution in [0.2, 0.25) is 0 Å². The normalized spacial score (nSPS) is 10.8. The van der Waals surface area contributed by atoms with Crippen LogP contribution in [0.4, 0.5) is 23.0 Å². The fraction of sp³-hybridized carbons (Fsp3) is 0.346. The minimum absolute atomic E-state index is 0.884. The van der Waals surface area contributed by atoms with E-state index < -0.39 is 0 Å². The average Bonchev–Trinajstić information content (AvgIpc) is 2.73. The number of rotatable bonds is 8. The number of anilines is 4. The molecule has 1 aromatic heterocycles. The largest absolute Gasteiger partial charge is 0.340 e. The first-order chi connectivity index (χ1) is 14.1. The highest BCUT2D eigenvalue weighted by molar-refractivity contribution is 5.70. The van der Waals surface area contributed by atoms with Crippen LogP contribution in [0.15, 0.2) is 48.5 Å². The zero-order valence-corrected chi connectivity index (χ0v) is 18.4. The quantitative estimate of drug-likeness (QED) is 0.432. The lowest BCUT2D eigenvalue weighted by atomic mass is 10.0. The van der Waals surface area contributed by atoms with Gasteiger partial charge in [-0.25, -0.2) is 4.98 Å². The third kappa shape index (κ3) is 4.79. The van der Waals surface area contributed by atoms with E-state index in [2.05, 4.69) is 93.8 Å². The Morgan fingerprint density at radius 2 is 0.966 bits per heavy atom. The monoisotopic (exact) mass is 387 g/mol. The van der Waals surface area contributed by atoms with Crippen molar-refractivity contribution < 1.29 is 0 Å². The van der Waals surface area contributed by atoms with E-state index in [1.165, 1.54) is 39.2 Å². The van der Waals surface area contributed by atoms with Crippen LogP contribution in [0.25, 0.3) is 0 Å². The molecule has 0 spiro atoms. The van der Waals surface area contributed by atoms with E-state index >= 15 is 0 Å². The summed E-state index contributed by atoms with van der Waals surface area (Å²) in [5.74, 6) is 1.77. The molecular weight excluding hydrogens is 354 g/mol. The van der Waals surface area contributed by atoms with Crippen molar-refractivity contribution >= 4 is 23.0 Å². The molecule has 0 aliphatic rings. The summed E-state index contributed by atoms with van der Waals surface area (Å²) in [4.78, 5) is 4.90. The van der Waals surface area contributed by atoms with Crippen LogP contribution in [0.1, 0.15) is 55.5 Å². The van der Waals surface area contributed by atoms with Crippen LogP contribution in [-0.4, -0.2) is 4.98 Å². The molecule has 0 saturated heterocycles. The number of aryl methyl sites for hydroxylation is 5. The highest BCUT2D eigenvalue weighted by Crippen LogP contribution is 2.29. The van der Waals surface area contributed by atoms with E-state index in [0.29, 0.717) is 0 Å². The van der Waals surface area contributed by atoms with Gasteiger partial charge in [0.25, 0.3) is 0 Å². The lowest BCUT2D eigenvalue weighted by Gasteiger charge is -2.18. The van der Waals surface area contributed by atoms with E-state index in [0.717, 1.165) is 37.3 Å². The maximum Gasteiger partial charge on any atom is 0.133 e. The van der Waals surface area contributed by atoms with Gasteiger partial charge in [0.2, 0.25) is 0 Å². The minimum atomic E-state index is 0.884. The molecule has 0 unspecified atom stereocenters. The van der Waals surface area contributed by atoms with Gasteiger partial charge in [0.1, 0.15) is 11.6 Å². The molecule has 152 valence electrons. The third-order valence-electron chi connectivity index (χ3n) is 5.47. The van der Waals surface area contributed by atoms with Crippen LogP contribution < -0.4 is 10.6 Å². The van der Waals surface area contributed by atoms with Crippen LogP contribution in [0, 0.1) is 6.92 Å². The lowest BCUT2D eigenvalue weighted by molar-refractivity contribution is 1.08. The molecule has 3 heteroatoms. The summed E-state index contributed by atoms with van der Waals surface area (Å²) in [6.45, 7) is 10.9. The second kappa shape index (κ2) is 9.60. The maximum absolute atomic E-state index is 4.90. The van der Waals surface area contributed by atoms with Gasteiger partial charge < -0.3 is 10.6 Å². The van der Waals surface area contributed by atoms with E-state index in [-0.39, 0.29) is 0 Å². The zero-order valence-electron chi connectivity index (χ0n) is 18.4. The number of nitrogens with one attached hydrogen (secondary N) is 2. The van der Waals surface area contributed by atoms with Crippen LogP contribution >= 0.6 is 0 Å². The Balaban J connectivity index is 1.97. The highest BCUT2D eigenvalue weighted by atomic mass is 15.1. The number of hydrogen-bond donors (Lipinski definition) is 2. The van der Waals surface area contributed by atoms with Gasteiger partial charge in [-0.2, -0.15) is 0 Å². The predicted octanol–water partition coefficient (Wildman–Crippen LogP) is 7.13. The maximum atomic E-state index is 4.90. The van der Waals surface area contributed by atoms with Crippen LogP contribution in [-0.2, 0) is 25.7 Å². The summed E-state index contributed by atoms with van der Waals surface area (Å²) in [5, 5.41) is 7.23. The first-order valence-corrected chi connectivity index (χ1v) is 10.8. The topological polar surface area (TPSA) is 37.0 Å². The summed E-state index contributed by atoms with van der Waals surface area (Å²) < 4.78 is 0. The molecule has 1 heterocycles. The van der Waals surface area contributed by atoms with E-state index in [4.69, 9.17) is 4.98 Å². The fourth-order valence-electron chi connectivity index (χ4n) is 3.86. The van der Waals surface area contributed by atoms with Gasteiger partial charge in [0.05, 0.1) is 0 Å². The van der Waals surface area contributed by atoms with Crippen molar-refractivity contribution in [3.8, 4) is 0 Å². The predicted molar refractivity (Wildman–Crippen MR) is 126 cm³/mol. The highest BCUT2D eigenvalue weighted by Gasteiger charge is 2.11. The Labute approximate surface area is 175 Å². The van der Waals surface area contributed by atoms with Gasteiger partial charge in [-0.05, 0) is 72.6 Å². The number of benzene rings is 2. The fourth-order valence-corrected chi connectivity index (χ4v) is 3.86. The number of para-hydroxylation sites is 2. The van der Waals surface area contributed by atoms with Gasteiger partial charge in [-0.3, -0.25) is 0 Å². The van der Waals surface area contributed by atoms with Crippen molar-refractivity contribution in [1.29, 1.82) is 0 Å². The molecule has 3 aromatic rings. The standard InChI is InChI=1S/C26H33N3/c1-6-19-12-10-13-20(7-2)25(19)28-23-16-18(5)17-24(27-23)29-26-21(8-3)14-11-15-22(26)9-4/h10-17H,6-9H2,1-5H3,(H2,27,28,29). The number of hydrogen-bond acceptors (Lipinski definition) is 3. The third-order valence-corrected chi connectivity index (χ3v) is 5.47. The van der Waals surface area contributed by atoms with Crippen molar-refractivity contribution in [1.82, 2.24) is 4.98 Å². The number of aromatic nitrogens is 1. The van der Waals surface area contributed by atoms with Gasteiger partial charge in [-0.1, -0.05) is 64.1 Å². The number of nitrogens with zero attached hydrogens (tertiary/aromatic N) is 1. The molecule has 3 nitrogen and oxygen atoms in total. The second-order valence-corrected chi connectivity index (χ2v) is 7.48. The van der Waals surface area contributed by atoms with E-state index in [1.54, 1.807) is 0 Å².